The average Bonchev–Trinajstić information content (AvgIpc) is 3.40. The lowest BCUT2D eigenvalue weighted by atomic mass is 10.0. The second-order valence-corrected chi connectivity index (χ2v) is 9.42. The number of aliphatic hydroxyl groups is 1. The summed E-state index contributed by atoms with van der Waals surface area (Å²) in [5.74, 6) is -0.0179. The molecule has 162 valence electrons. The van der Waals surface area contributed by atoms with E-state index in [1.807, 2.05) is 13.0 Å². The number of aromatic amines is 1. The minimum Gasteiger partial charge on any atom is -0.395 e. The fourth-order valence-electron chi connectivity index (χ4n) is 3.99. The number of H-pyrrole nitrogens is 1. The van der Waals surface area contributed by atoms with Gasteiger partial charge in [-0.3, -0.25) is 0 Å². The van der Waals surface area contributed by atoms with Crippen LogP contribution in [0.4, 0.5) is 0 Å². The molecule has 1 unspecified atom stereocenters. The smallest absolute Gasteiger partial charge is 0.242 e. The van der Waals surface area contributed by atoms with Crippen LogP contribution in [0.3, 0.4) is 0 Å². The lowest BCUT2D eigenvalue weighted by Gasteiger charge is -2.30. The van der Waals surface area contributed by atoms with E-state index < -0.39 is 22.4 Å². The summed E-state index contributed by atoms with van der Waals surface area (Å²) in [5, 5.41) is 14.0. The maximum absolute atomic E-state index is 12.8. The Labute approximate surface area is 178 Å². The van der Waals surface area contributed by atoms with E-state index in [1.54, 1.807) is 24.5 Å². The first kappa shape index (κ1) is 20.1. The molecule has 0 spiro atoms. The van der Waals surface area contributed by atoms with Crippen molar-refractivity contribution in [2.24, 2.45) is 0 Å². The van der Waals surface area contributed by atoms with E-state index in [4.69, 9.17) is 9.72 Å². The van der Waals surface area contributed by atoms with Crippen molar-refractivity contribution < 1.29 is 18.3 Å². The van der Waals surface area contributed by atoms with Crippen LogP contribution in [0.25, 0.3) is 33.5 Å². The zero-order valence-electron chi connectivity index (χ0n) is 16.8. The second-order valence-electron chi connectivity index (χ2n) is 7.45. The molecule has 1 aliphatic heterocycles. The van der Waals surface area contributed by atoms with Crippen molar-refractivity contribution in [3.8, 4) is 11.4 Å². The maximum Gasteiger partial charge on any atom is 0.242 e. The molecule has 0 radical (unpaired) electrons. The van der Waals surface area contributed by atoms with Crippen LogP contribution < -0.4 is 5.32 Å². The Balaban J connectivity index is 1.79. The largest absolute Gasteiger partial charge is 0.395 e. The van der Waals surface area contributed by atoms with Gasteiger partial charge in [-0.05, 0) is 25.1 Å². The summed E-state index contributed by atoms with van der Waals surface area (Å²) in [5.41, 5.74) is 2.31. The number of hydrogen-bond acceptors (Lipinski definition) is 8. The Morgan fingerprint density at radius 3 is 2.94 bits per heavy atom. The minimum atomic E-state index is -3.78. The van der Waals surface area contributed by atoms with Crippen molar-refractivity contribution in [2.45, 2.75) is 19.1 Å². The van der Waals surface area contributed by atoms with Gasteiger partial charge in [0.05, 0.1) is 24.7 Å². The fourth-order valence-corrected chi connectivity index (χ4v) is 5.06. The van der Waals surface area contributed by atoms with E-state index in [0.29, 0.717) is 29.2 Å². The highest BCUT2D eigenvalue weighted by atomic mass is 32.2. The molecular formula is C20H22N6O4S. The number of aromatic nitrogens is 5. The predicted octanol–water partition coefficient (Wildman–Crippen LogP) is 1.19. The molecule has 0 bridgehead atoms. The highest BCUT2D eigenvalue weighted by Gasteiger charge is 2.30. The number of ether oxygens (including phenoxy) is 1. The van der Waals surface area contributed by atoms with Gasteiger partial charge in [0.25, 0.3) is 0 Å². The van der Waals surface area contributed by atoms with E-state index in [1.165, 1.54) is 6.20 Å². The summed E-state index contributed by atoms with van der Waals surface area (Å²) in [6, 6.07) is 5.36. The van der Waals surface area contributed by atoms with E-state index >= 15 is 0 Å². The van der Waals surface area contributed by atoms with Crippen LogP contribution in [0.5, 0.6) is 0 Å². The number of pyridine rings is 1. The van der Waals surface area contributed by atoms with Gasteiger partial charge in [0.15, 0.2) is 11.5 Å². The third kappa shape index (κ3) is 3.39. The molecule has 0 aromatic carbocycles. The van der Waals surface area contributed by atoms with Crippen molar-refractivity contribution in [3.63, 3.8) is 0 Å². The number of aliphatic hydroxyl groups excluding tert-OH is 1. The minimum absolute atomic E-state index is 0.0122. The van der Waals surface area contributed by atoms with Crippen molar-refractivity contribution in [2.75, 3.05) is 25.5 Å². The van der Waals surface area contributed by atoms with Crippen molar-refractivity contribution in [3.05, 3.63) is 42.5 Å². The van der Waals surface area contributed by atoms with Gasteiger partial charge in [-0.15, -0.1) is 0 Å². The zero-order valence-corrected chi connectivity index (χ0v) is 17.6. The monoisotopic (exact) mass is 442 g/mol. The Bertz CT molecular complexity index is 1360. The fraction of sp³-hybridized carbons (Fsp3) is 0.350. The van der Waals surface area contributed by atoms with Crippen LogP contribution in [0.1, 0.15) is 18.7 Å². The Hall–Kier alpha value is -2.86. The van der Waals surface area contributed by atoms with Crippen LogP contribution in [0.2, 0.25) is 0 Å². The summed E-state index contributed by atoms with van der Waals surface area (Å²) < 4.78 is 32.7. The molecule has 1 aliphatic rings. The number of hydrogen-bond donors (Lipinski definition) is 3. The molecule has 0 aliphatic carbocycles. The lowest BCUT2D eigenvalue weighted by Crippen LogP contribution is -2.41. The first-order valence-corrected chi connectivity index (χ1v) is 11.6. The van der Waals surface area contributed by atoms with Crippen LogP contribution in [0.15, 0.2) is 36.8 Å². The van der Waals surface area contributed by atoms with Crippen molar-refractivity contribution in [1.82, 2.24) is 29.2 Å². The molecule has 2 atom stereocenters. The van der Waals surface area contributed by atoms with Crippen molar-refractivity contribution >= 4 is 32.1 Å². The van der Waals surface area contributed by atoms with Gasteiger partial charge in [0.1, 0.15) is 11.8 Å². The number of fused-ring (bicyclic) bond motifs is 2. The third-order valence-electron chi connectivity index (χ3n) is 5.48. The molecule has 3 N–H and O–H groups in total. The van der Waals surface area contributed by atoms with Crippen LogP contribution in [0, 0.1) is 0 Å². The number of nitrogens with one attached hydrogen (secondary N) is 2. The van der Waals surface area contributed by atoms with Gasteiger partial charge in [0, 0.05) is 47.5 Å². The first-order valence-electron chi connectivity index (χ1n) is 10.00. The zero-order chi connectivity index (χ0) is 21.6. The van der Waals surface area contributed by atoms with Gasteiger partial charge in [-0.1, -0.05) is 0 Å². The molecule has 11 heteroatoms. The van der Waals surface area contributed by atoms with Crippen molar-refractivity contribution in [1.29, 1.82) is 0 Å². The number of rotatable bonds is 5. The van der Waals surface area contributed by atoms with Gasteiger partial charge in [-0.2, -0.15) is 0 Å². The first-order chi connectivity index (χ1) is 15.0. The SMILES string of the molecule is CC1NCCO[C@H]1c1nc(-c2ccnc3[nH]ccc23)nc2c1ccn2S(=O)(=O)CCO. The van der Waals surface area contributed by atoms with E-state index in [0.717, 1.165) is 21.5 Å². The molecule has 4 aromatic heterocycles. The molecule has 4 aromatic rings. The topological polar surface area (TPSA) is 135 Å². The normalized spacial score (nSPS) is 19.9. The number of nitrogens with zero attached hydrogens (tertiary/aromatic N) is 4. The number of morpholine rings is 1. The summed E-state index contributed by atoms with van der Waals surface area (Å²) in [6.45, 7) is 2.79. The molecule has 31 heavy (non-hydrogen) atoms. The van der Waals surface area contributed by atoms with E-state index in [9.17, 15) is 13.5 Å². The van der Waals surface area contributed by atoms with Gasteiger partial charge in [0.2, 0.25) is 10.0 Å². The van der Waals surface area contributed by atoms with Gasteiger partial charge < -0.3 is 20.1 Å². The van der Waals surface area contributed by atoms with Gasteiger partial charge in [-0.25, -0.2) is 27.3 Å². The summed E-state index contributed by atoms with van der Waals surface area (Å²) in [4.78, 5) is 16.9. The summed E-state index contributed by atoms with van der Waals surface area (Å²) >= 11 is 0. The molecule has 5 heterocycles. The summed E-state index contributed by atoms with van der Waals surface area (Å²) in [7, 11) is -3.78. The van der Waals surface area contributed by atoms with Crippen LogP contribution in [-0.2, 0) is 14.8 Å². The molecule has 1 fully saturated rings. The summed E-state index contributed by atoms with van der Waals surface area (Å²) in [6.07, 6.45) is 4.53. The second kappa shape index (κ2) is 7.68. The van der Waals surface area contributed by atoms with Crippen LogP contribution in [-0.4, -0.2) is 69.0 Å². The molecule has 1 saturated heterocycles. The highest BCUT2D eigenvalue weighted by Crippen LogP contribution is 2.33. The standard InChI is InChI=1S/C20H22N6O4S/c1-12-17(30-10-7-21-12)16-15-4-8-26(31(28,29)11-9-27)20(15)25-19(24-16)14-3-6-23-18-13(14)2-5-22-18/h2-6,8,12,17,21,27H,7,9-11H2,1H3,(H,22,23)/t12?,17-/m1/s1. The Morgan fingerprint density at radius 1 is 1.26 bits per heavy atom. The lowest BCUT2D eigenvalue weighted by molar-refractivity contribution is -0.00182. The van der Waals surface area contributed by atoms with Crippen LogP contribution >= 0.6 is 0 Å². The molecule has 0 saturated carbocycles. The van der Waals surface area contributed by atoms with E-state index in [-0.39, 0.29) is 17.8 Å². The van der Waals surface area contributed by atoms with Gasteiger partial charge >= 0.3 is 0 Å². The average molecular weight is 443 g/mol. The molecule has 5 rings (SSSR count). The van der Waals surface area contributed by atoms with E-state index in [2.05, 4.69) is 20.3 Å². The quantitative estimate of drug-likeness (QED) is 0.420. The molecular weight excluding hydrogens is 420 g/mol. The predicted molar refractivity (Wildman–Crippen MR) is 115 cm³/mol. The molecule has 0 amide bonds. The molecule has 10 nitrogen and oxygen atoms in total. The highest BCUT2D eigenvalue weighted by molar-refractivity contribution is 7.90. The maximum atomic E-state index is 12.8. The third-order valence-corrected chi connectivity index (χ3v) is 7.07. The Kier molecular flexibility index (Phi) is 4.97. The Morgan fingerprint density at radius 2 is 2.13 bits per heavy atom.